The third kappa shape index (κ3) is 6.10. The van der Waals surface area contributed by atoms with Gasteiger partial charge in [-0.1, -0.05) is 0 Å². The highest BCUT2D eigenvalue weighted by molar-refractivity contribution is 5.91. The molecule has 6 nitrogen and oxygen atoms in total. The van der Waals surface area contributed by atoms with Gasteiger partial charge in [0.15, 0.2) is 0 Å². The Morgan fingerprint density at radius 3 is 2.65 bits per heavy atom. The van der Waals surface area contributed by atoms with E-state index in [9.17, 15) is 14.9 Å². The van der Waals surface area contributed by atoms with Crippen molar-refractivity contribution in [3.05, 3.63) is 46.0 Å². The number of hydrogen-bond donors (Lipinski definition) is 2. The van der Waals surface area contributed by atoms with Gasteiger partial charge in [-0.05, 0) is 43.5 Å². The molecule has 108 valence electrons. The Morgan fingerprint density at radius 2 is 2.10 bits per heavy atom. The average molecular weight is 278 g/mol. The Bertz CT molecular complexity index is 480. The molecule has 0 spiro atoms. The van der Waals surface area contributed by atoms with Crippen molar-refractivity contribution in [3.8, 4) is 0 Å². The lowest BCUT2D eigenvalue weighted by Gasteiger charge is -2.04. The molecule has 0 fully saturated rings. The molecule has 1 unspecified atom stereocenters. The number of aliphatic hydroxyl groups is 1. The minimum Gasteiger partial charge on any atom is -0.393 e. The zero-order valence-corrected chi connectivity index (χ0v) is 11.3. The fraction of sp³-hybridized carbons (Fsp3) is 0.357. The molecule has 0 aromatic heterocycles. The average Bonchev–Trinajstić information content (AvgIpc) is 2.41. The summed E-state index contributed by atoms with van der Waals surface area (Å²) in [6.07, 6.45) is 3.97. The van der Waals surface area contributed by atoms with Crippen molar-refractivity contribution in [2.75, 3.05) is 6.54 Å². The third-order valence-corrected chi connectivity index (χ3v) is 2.63. The van der Waals surface area contributed by atoms with E-state index < -0.39 is 4.92 Å². The quantitative estimate of drug-likeness (QED) is 0.345. The van der Waals surface area contributed by atoms with Crippen molar-refractivity contribution in [2.24, 2.45) is 0 Å². The SMILES string of the molecule is CC(O)CCCNC(=O)/C=C/c1ccc([N+](=O)[O-])cc1. The maximum atomic E-state index is 11.5. The highest BCUT2D eigenvalue weighted by Gasteiger charge is 2.02. The number of benzene rings is 1. The number of carbonyl (C=O) groups excluding carboxylic acids is 1. The van der Waals surface area contributed by atoms with Crippen molar-refractivity contribution in [1.29, 1.82) is 0 Å². The Labute approximate surface area is 117 Å². The van der Waals surface area contributed by atoms with Crippen LogP contribution in [0.25, 0.3) is 6.08 Å². The molecule has 0 radical (unpaired) electrons. The van der Waals surface area contributed by atoms with Crippen molar-refractivity contribution < 1.29 is 14.8 Å². The van der Waals surface area contributed by atoms with Crippen LogP contribution in [0.5, 0.6) is 0 Å². The standard InChI is InChI=1S/C14H18N2O4/c1-11(17)3-2-10-15-14(18)9-6-12-4-7-13(8-5-12)16(19)20/h4-9,11,17H,2-3,10H2,1H3,(H,15,18)/b9-6+. The largest absolute Gasteiger partial charge is 0.393 e. The number of amides is 1. The summed E-state index contributed by atoms with van der Waals surface area (Å²) in [7, 11) is 0. The monoisotopic (exact) mass is 278 g/mol. The Kier molecular flexibility index (Phi) is 6.39. The maximum absolute atomic E-state index is 11.5. The second kappa shape index (κ2) is 8.06. The van der Waals surface area contributed by atoms with Gasteiger partial charge in [-0.25, -0.2) is 0 Å². The smallest absolute Gasteiger partial charge is 0.269 e. The second-order valence-electron chi connectivity index (χ2n) is 4.46. The Morgan fingerprint density at radius 1 is 1.45 bits per heavy atom. The van der Waals surface area contributed by atoms with Crippen molar-refractivity contribution in [1.82, 2.24) is 5.32 Å². The van der Waals surface area contributed by atoms with Gasteiger partial charge in [-0.3, -0.25) is 14.9 Å². The van der Waals surface area contributed by atoms with Crippen LogP contribution in [0.1, 0.15) is 25.3 Å². The molecule has 2 N–H and O–H groups in total. The van der Waals surface area contributed by atoms with Gasteiger partial charge in [-0.15, -0.1) is 0 Å². The van der Waals surface area contributed by atoms with E-state index in [2.05, 4.69) is 5.32 Å². The van der Waals surface area contributed by atoms with Gasteiger partial charge in [0.05, 0.1) is 11.0 Å². The molecule has 0 aliphatic carbocycles. The first-order valence-electron chi connectivity index (χ1n) is 6.37. The van der Waals surface area contributed by atoms with E-state index in [-0.39, 0.29) is 17.7 Å². The van der Waals surface area contributed by atoms with E-state index in [1.165, 1.54) is 18.2 Å². The summed E-state index contributed by atoms with van der Waals surface area (Å²) in [6, 6.07) is 5.94. The minimum atomic E-state index is -0.470. The van der Waals surface area contributed by atoms with Crippen molar-refractivity contribution in [2.45, 2.75) is 25.9 Å². The predicted molar refractivity (Wildman–Crippen MR) is 76.1 cm³/mol. The maximum Gasteiger partial charge on any atom is 0.269 e. The van der Waals surface area contributed by atoms with Crippen molar-refractivity contribution >= 4 is 17.7 Å². The fourth-order valence-electron chi connectivity index (χ4n) is 1.55. The van der Waals surface area contributed by atoms with Gasteiger partial charge >= 0.3 is 0 Å². The summed E-state index contributed by atoms with van der Waals surface area (Å²) >= 11 is 0. The number of hydrogen-bond acceptors (Lipinski definition) is 4. The molecule has 1 amide bonds. The lowest BCUT2D eigenvalue weighted by Crippen LogP contribution is -2.22. The van der Waals surface area contributed by atoms with Crippen LogP contribution in [0, 0.1) is 10.1 Å². The van der Waals surface area contributed by atoms with E-state index in [1.807, 2.05) is 0 Å². The molecule has 1 aromatic rings. The molecule has 20 heavy (non-hydrogen) atoms. The first-order chi connectivity index (χ1) is 9.49. The number of non-ortho nitro benzene ring substituents is 1. The highest BCUT2D eigenvalue weighted by Crippen LogP contribution is 2.12. The number of aliphatic hydroxyl groups excluding tert-OH is 1. The summed E-state index contributed by atoms with van der Waals surface area (Å²) < 4.78 is 0. The van der Waals surface area contributed by atoms with Gasteiger partial charge in [0, 0.05) is 24.8 Å². The van der Waals surface area contributed by atoms with Gasteiger partial charge in [0.1, 0.15) is 0 Å². The minimum absolute atomic E-state index is 0.0183. The van der Waals surface area contributed by atoms with E-state index in [0.717, 1.165) is 12.0 Å². The topological polar surface area (TPSA) is 92.5 Å². The molecule has 0 aliphatic heterocycles. The van der Waals surface area contributed by atoms with Crippen LogP contribution >= 0.6 is 0 Å². The molecule has 0 aliphatic rings. The first-order valence-corrected chi connectivity index (χ1v) is 6.37. The molecule has 1 rings (SSSR count). The lowest BCUT2D eigenvalue weighted by atomic mass is 10.2. The molecule has 0 saturated carbocycles. The van der Waals surface area contributed by atoms with Crippen LogP contribution in [0.2, 0.25) is 0 Å². The number of nitro groups is 1. The summed E-state index contributed by atoms with van der Waals surface area (Å²) in [6.45, 7) is 2.21. The van der Waals surface area contributed by atoms with Gasteiger partial charge < -0.3 is 10.4 Å². The third-order valence-electron chi connectivity index (χ3n) is 2.63. The first kappa shape index (κ1) is 15.8. The van der Waals surface area contributed by atoms with E-state index in [0.29, 0.717) is 13.0 Å². The molecule has 1 atom stereocenters. The fourth-order valence-corrected chi connectivity index (χ4v) is 1.55. The number of nitrogens with zero attached hydrogens (tertiary/aromatic N) is 1. The van der Waals surface area contributed by atoms with E-state index >= 15 is 0 Å². The Hall–Kier alpha value is -2.21. The van der Waals surface area contributed by atoms with Crippen molar-refractivity contribution in [3.63, 3.8) is 0 Å². The number of rotatable bonds is 7. The van der Waals surface area contributed by atoms with E-state index in [4.69, 9.17) is 5.11 Å². The van der Waals surface area contributed by atoms with Gasteiger partial charge in [0.2, 0.25) is 5.91 Å². The molecule has 0 saturated heterocycles. The molecule has 1 aromatic carbocycles. The van der Waals surface area contributed by atoms with Crippen LogP contribution in [0.15, 0.2) is 30.3 Å². The van der Waals surface area contributed by atoms with Crippen LogP contribution in [-0.4, -0.2) is 28.6 Å². The predicted octanol–water partition coefficient (Wildman–Crippen LogP) is 1.89. The molecule has 0 heterocycles. The van der Waals surface area contributed by atoms with Crippen LogP contribution < -0.4 is 5.32 Å². The Balaban J connectivity index is 2.39. The normalized spacial score (nSPS) is 12.3. The van der Waals surface area contributed by atoms with Crippen LogP contribution in [-0.2, 0) is 4.79 Å². The molecule has 0 bridgehead atoms. The second-order valence-corrected chi connectivity index (χ2v) is 4.46. The molecular weight excluding hydrogens is 260 g/mol. The number of nitro benzene ring substituents is 1. The molecular formula is C14H18N2O4. The van der Waals surface area contributed by atoms with Crippen LogP contribution in [0.3, 0.4) is 0 Å². The molecule has 6 heteroatoms. The number of carbonyl (C=O) groups is 1. The summed E-state index contributed by atoms with van der Waals surface area (Å²) in [5.74, 6) is -0.228. The van der Waals surface area contributed by atoms with Crippen LogP contribution in [0.4, 0.5) is 5.69 Å². The lowest BCUT2D eigenvalue weighted by molar-refractivity contribution is -0.384. The zero-order chi connectivity index (χ0) is 15.0. The number of nitrogens with one attached hydrogen (secondary N) is 1. The summed E-state index contributed by atoms with van der Waals surface area (Å²) in [4.78, 5) is 21.5. The van der Waals surface area contributed by atoms with E-state index in [1.54, 1.807) is 25.1 Å². The van der Waals surface area contributed by atoms with Gasteiger partial charge in [0.25, 0.3) is 5.69 Å². The zero-order valence-electron chi connectivity index (χ0n) is 11.3. The van der Waals surface area contributed by atoms with Gasteiger partial charge in [-0.2, -0.15) is 0 Å². The highest BCUT2D eigenvalue weighted by atomic mass is 16.6. The summed E-state index contributed by atoms with van der Waals surface area (Å²) in [5, 5.41) is 22.2. The summed E-state index contributed by atoms with van der Waals surface area (Å²) in [5.41, 5.74) is 0.736.